The van der Waals surface area contributed by atoms with Crippen molar-refractivity contribution in [2.45, 2.75) is 50.2 Å². The van der Waals surface area contributed by atoms with Gasteiger partial charge in [-0.25, -0.2) is 4.39 Å². The molecule has 0 bridgehead atoms. The van der Waals surface area contributed by atoms with Crippen LogP contribution >= 0.6 is 0 Å². The second-order valence-electron chi connectivity index (χ2n) is 11.1. The van der Waals surface area contributed by atoms with Gasteiger partial charge in [0.2, 0.25) is 0 Å². The Kier molecular flexibility index (Phi) is 8.88. The van der Waals surface area contributed by atoms with Crippen molar-refractivity contribution in [1.82, 2.24) is 14.7 Å². The highest BCUT2D eigenvalue weighted by molar-refractivity contribution is 5.85. The Bertz CT molecular complexity index is 1120. The molecule has 1 N–H and O–H groups in total. The molecule has 3 aromatic rings. The number of nitrogens with zero attached hydrogens (tertiary/aromatic N) is 3. The van der Waals surface area contributed by atoms with Gasteiger partial charge >= 0.3 is 0 Å². The fourth-order valence-electron chi connectivity index (χ4n) is 6.36. The summed E-state index contributed by atoms with van der Waals surface area (Å²) in [5.41, 5.74) is 2.65. The second-order valence-corrected chi connectivity index (χ2v) is 11.1. The van der Waals surface area contributed by atoms with Crippen LogP contribution in [0, 0.1) is 5.82 Å². The number of hydrogen-bond acceptors (Lipinski definition) is 4. The Hall–Kier alpha value is -2.31. The first-order valence-electron chi connectivity index (χ1n) is 14.1. The number of fused-ring (bicyclic) bond motifs is 1. The highest BCUT2D eigenvalue weighted by atomic mass is 19.1. The lowest BCUT2D eigenvalue weighted by Gasteiger charge is -2.43. The Morgan fingerprint density at radius 1 is 0.865 bits per heavy atom. The standard InChI is InChI=1S/C32H42FN3O/c1-34-18-16-29(37)23-32(34)31(27-12-14-28(33)15-13-27)24-36-21-19-35(20-22-36)17-5-4-8-26-10-6-9-25-7-2-3-11-30(25)26/h2-3,6-7,9-15,29,31-32,37H,4-5,8,16-24H2,1H3. The molecule has 0 aliphatic carbocycles. The van der Waals surface area contributed by atoms with Crippen molar-refractivity contribution in [2.75, 3.05) is 52.9 Å². The van der Waals surface area contributed by atoms with Crippen molar-refractivity contribution >= 4 is 10.8 Å². The summed E-state index contributed by atoms with van der Waals surface area (Å²) < 4.78 is 13.7. The van der Waals surface area contributed by atoms with Crippen molar-refractivity contribution in [2.24, 2.45) is 0 Å². The van der Waals surface area contributed by atoms with Gasteiger partial charge in [0.05, 0.1) is 6.10 Å². The molecular weight excluding hydrogens is 461 g/mol. The molecule has 5 rings (SSSR count). The van der Waals surface area contributed by atoms with Crippen LogP contribution in [0.2, 0.25) is 0 Å². The molecule has 0 aromatic heterocycles. The fraction of sp³-hybridized carbons (Fsp3) is 0.500. The largest absolute Gasteiger partial charge is 0.393 e. The van der Waals surface area contributed by atoms with E-state index in [9.17, 15) is 9.50 Å². The molecule has 0 radical (unpaired) electrons. The lowest BCUT2D eigenvalue weighted by Crippen LogP contribution is -2.51. The summed E-state index contributed by atoms with van der Waals surface area (Å²) in [6, 6.07) is 22.7. The molecule has 37 heavy (non-hydrogen) atoms. The molecule has 3 unspecified atom stereocenters. The Morgan fingerprint density at radius 3 is 2.41 bits per heavy atom. The summed E-state index contributed by atoms with van der Waals surface area (Å²) in [4.78, 5) is 7.59. The number of unbranched alkanes of at least 4 members (excludes halogenated alkanes) is 1. The lowest BCUT2D eigenvalue weighted by atomic mass is 9.84. The zero-order valence-electron chi connectivity index (χ0n) is 22.2. The number of aliphatic hydroxyl groups excluding tert-OH is 1. The van der Waals surface area contributed by atoms with Gasteiger partial charge in [-0.3, -0.25) is 0 Å². The third-order valence-electron chi connectivity index (χ3n) is 8.63. The van der Waals surface area contributed by atoms with Gasteiger partial charge in [0.1, 0.15) is 5.82 Å². The molecule has 0 amide bonds. The second kappa shape index (κ2) is 12.5. The third-order valence-corrected chi connectivity index (χ3v) is 8.63. The normalized spacial score (nSPS) is 22.9. The monoisotopic (exact) mass is 503 g/mol. The maximum Gasteiger partial charge on any atom is 0.123 e. The minimum Gasteiger partial charge on any atom is -0.393 e. The summed E-state index contributed by atoms with van der Waals surface area (Å²) in [6.07, 6.45) is 4.97. The van der Waals surface area contributed by atoms with Gasteiger partial charge < -0.3 is 19.8 Å². The topological polar surface area (TPSA) is 30.0 Å². The molecule has 2 saturated heterocycles. The Morgan fingerprint density at radius 2 is 1.59 bits per heavy atom. The van der Waals surface area contributed by atoms with Gasteiger partial charge in [-0.2, -0.15) is 0 Å². The van der Waals surface area contributed by atoms with E-state index in [2.05, 4.69) is 64.2 Å². The van der Waals surface area contributed by atoms with Gasteiger partial charge in [-0.05, 0) is 79.7 Å². The SMILES string of the molecule is CN1CCC(O)CC1C(CN1CCN(CCCCc2cccc3ccccc23)CC1)c1ccc(F)cc1. The number of likely N-dealkylation sites (N-methyl/N-ethyl adjacent to an activating group) is 1. The minimum atomic E-state index is -0.241. The van der Waals surface area contributed by atoms with Crippen LogP contribution in [-0.4, -0.2) is 84.8 Å². The molecule has 2 fully saturated rings. The van der Waals surface area contributed by atoms with Crippen LogP contribution in [0.15, 0.2) is 66.7 Å². The van der Waals surface area contributed by atoms with E-state index in [1.54, 1.807) is 12.1 Å². The summed E-state index contributed by atoms with van der Waals surface area (Å²) in [5.74, 6) is 0.0846. The fourth-order valence-corrected chi connectivity index (χ4v) is 6.36. The number of rotatable bonds is 9. The van der Waals surface area contributed by atoms with Crippen molar-refractivity contribution in [3.8, 4) is 0 Å². The average molecular weight is 504 g/mol. The van der Waals surface area contributed by atoms with Crippen LogP contribution < -0.4 is 0 Å². The average Bonchev–Trinajstić information content (AvgIpc) is 2.92. The van der Waals surface area contributed by atoms with Gasteiger partial charge in [0, 0.05) is 51.2 Å². The summed E-state index contributed by atoms with van der Waals surface area (Å²) in [7, 11) is 2.17. The molecule has 198 valence electrons. The number of aryl methyl sites for hydroxylation is 1. The molecule has 0 spiro atoms. The number of halogens is 1. The molecule has 2 aliphatic heterocycles. The highest BCUT2D eigenvalue weighted by Crippen LogP contribution is 2.31. The van der Waals surface area contributed by atoms with E-state index in [0.717, 1.165) is 65.1 Å². The smallest absolute Gasteiger partial charge is 0.123 e. The highest BCUT2D eigenvalue weighted by Gasteiger charge is 2.34. The number of benzene rings is 3. The predicted molar refractivity (Wildman–Crippen MR) is 151 cm³/mol. The van der Waals surface area contributed by atoms with E-state index in [0.29, 0.717) is 0 Å². The first-order chi connectivity index (χ1) is 18.1. The van der Waals surface area contributed by atoms with Crippen molar-refractivity contribution < 1.29 is 9.50 Å². The molecule has 2 aliphatic rings. The lowest BCUT2D eigenvalue weighted by molar-refractivity contribution is 0.0338. The minimum absolute atomic E-state index is 0.186. The van der Waals surface area contributed by atoms with E-state index in [4.69, 9.17) is 0 Å². The molecule has 4 nitrogen and oxygen atoms in total. The molecular formula is C32H42FN3O. The van der Waals surface area contributed by atoms with Crippen LogP contribution in [0.5, 0.6) is 0 Å². The van der Waals surface area contributed by atoms with Gasteiger partial charge in [0.15, 0.2) is 0 Å². The van der Waals surface area contributed by atoms with E-state index in [1.807, 2.05) is 12.1 Å². The van der Waals surface area contributed by atoms with E-state index in [1.165, 1.54) is 34.7 Å². The third kappa shape index (κ3) is 6.77. The van der Waals surface area contributed by atoms with E-state index < -0.39 is 0 Å². The van der Waals surface area contributed by atoms with Crippen LogP contribution in [-0.2, 0) is 6.42 Å². The maximum absolute atomic E-state index is 13.7. The van der Waals surface area contributed by atoms with E-state index >= 15 is 0 Å². The number of hydrogen-bond donors (Lipinski definition) is 1. The molecule has 2 heterocycles. The Labute approximate surface area is 221 Å². The molecule has 3 aromatic carbocycles. The zero-order valence-corrected chi connectivity index (χ0v) is 22.2. The van der Waals surface area contributed by atoms with Crippen molar-refractivity contribution in [1.29, 1.82) is 0 Å². The molecule has 3 atom stereocenters. The Balaban J connectivity index is 1.12. The molecule has 5 heteroatoms. The number of piperidine rings is 1. The summed E-state index contributed by atoms with van der Waals surface area (Å²) in [6.45, 7) is 7.39. The quantitative estimate of drug-likeness (QED) is 0.409. The maximum atomic E-state index is 13.7. The summed E-state index contributed by atoms with van der Waals surface area (Å²) >= 11 is 0. The van der Waals surface area contributed by atoms with Crippen LogP contribution in [0.1, 0.15) is 42.7 Å². The van der Waals surface area contributed by atoms with Crippen LogP contribution in [0.25, 0.3) is 10.8 Å². The first kappa shape index (κ1) is 26.3. The van der Waals surface area contributed by atoms with E-state index in [-0.39, 0.29) is 23.9 Å². The van der Waals surface area contributed by atoms with Gasteiger partial charge in [-0.15, -0.1) is 0 Å². The predicted octanol–water partition coefficient (Wildman–Crippen LogP) is 5.16. The van der Waals surface area contributed by atoms with Crippen LogP contribution in [0.3, 0.4) is 0 Å². The number of aliphatic hydroxyl groups is 1. The van der Waals surface area contributed by atoms with Gasteiger partial charge in [-0.1, -0.05) is 54.6 Å². The first-order valence-corrected chi connectivity index (χ1v) is 14.1. The van der Waals surface area contributed by atoms with Gasteiger partial charge in [0.25, 0.3) is 0 Å². The van der Waals surface area contributed by atoms with Crippen LogP contribution in [0.4, 0.5) is 4.39 Å². The number of piperazine rings is 1. The van der Waals surface area contributed by atoms with Crippen molar-refractivity contribution in [3.05, 3.63) is 83.7 Å². The summed E-state index contributed by atoms with van der Waals surface area (Å²) in [5, 5.41) is 13.1. The number of likely N-dealkylation sites (tertiary alicyclic amines) is 1. The molecule has 0 saturated carbocycles. The zero-order chi connectivity index (χ0) is 25.6. The van der Waals surface area contributed by atoms with Crippen molar-refractivity contribution in [3.63, 3.8) is 0 Å².